The molecule has 5 atom stereocenters. The molecular weight excluding hydrogens is 474 g/mol. The Morgan fingerprint density at radius 2 is 1.65 bits per heavy atom. The second-order valence-electron chi connectivity index (χ2n) is 10.2. The number of Topliss-reactive ketones (excluding diaryl/α,β-unsaturated/α-hetero) is 1. The van der Waals surface area contributed by atoms with Crippen LogP contribution in [0.15, 0.2) is 54.6 Å². The summed E-state index contributed by atoms with van der Waals surface area (Å²) in [5, 5.41) is 19.3. The summed E-state index contributed by atoms with van der Waals surface area (Å²) in [5.74, 6) is -0.495. The van der Waals surface area contributed by atoms with E-state index in [9.17, 15) is 19.5 Å². The Morgan fingerprint density at radius 3 is 2.22 bits per heavy atom. The van der Waals surface area contributed by atoms with Crippen LogP contribution in [0.1, 0.15) is 31.4 Å². The number of nitrogens with one attached hydrogen (secondary N) is 3. The molecule has 9 nitrogen and oxygen atoms in total. The Morgan fingerprint density at radius 1 is 1.03 bits per heavy atom. The molecule has 0 aromatic heterocycles. The minimum Gasteiger partial charge on any atom is -0.497 e. The predicted molar refractivity (Wildman–Crippen MR) is 137 cm³/mol. The molecule has 2 heterocycles. The minimum atomic E-state index is -1.23. The molecule has 0 aliphatic carbocycles. The highest BCUT2D eigenvalue weighted by molar-refractivity contribution is 5.98. The fourth-order valence-corrected chi connectivity index (χ4v) is 4.62. The van der Waals surface area contributed by atoms with Gasteiger partial charge in [0.1, 0.15) is 23.4 Å². The fraction of sp³-hybridized carbons (Fsp3) is 0.464. The zero-order chi connectivity index (χ0) is 26.6. The standard InChI is InChI=1S/C28H35N3O6/c1-27(35)13-14-29-23(27)26(34)31-22(16-19-9-11-20(36-3)12-10-19)25(33)30-21(24(32)28(2)17-37-28)15-18-7-5-4-6-8-18/h4-12,21-23,29,35H,13-17H2,1-3H3,(H,30,33)(H,31,34)/t21-,22-,23+,27+,28+/m0/s1. The average Bonchev–Trinajstić information content (AvgIpc) is 3.54. The van der Waals surface area contributed by atoms with Gasteiger partial charge in [-0.05, 0) is 56.5 Å². The first-order chi connectivity index (χ1) is 17.6. The van der Waals surface area contributed by atoms with Gasteiger partial charge in [-0.1, -0.05) is 42.5 Å². The molecule has 2 saturated heterocycles. The molecule has 0 spiro atoms. The number of amides is 2. The second-order valence-corrected chi connectivity index (χ2v) is 10.2. The van der Waals surface area contributed by atoms with Gasteiger partial charge in [0.2, 0.25) is 11.8 Å². The number of epoxide rings is 1. The van der Waals surface area contributed by atoms with Crippen molar-refractivity contribution in [2.75, 3.05) is 20.3 Å². The number of ketones is 1. The van der Waals surface area contributed by atoms with Crippen LogP contribution in [0.2, 0.25) is 0 Å². The van der Waals surface area contributed by atoms with Crippen LogP contribution >= 0.6 is 0 Å². The van der Waals surface area contributed by atoms with Crippen molar-refractivity contribution in [1.29, 1.82) is 0 Å². The van der Waals surface area contributed by atoms with E-state index in [1.807, 2.05) is 42.5 Å². The van der Waals surface area contributed by atoms with E-state index in [4.69, 9.17) is 9.47 Å². The van der Waals surface area contributed by atoms with E-state index in [2.05, 4.69) is 16.0 Å². The van der Waals surface area contributed by atoms with E-state index in [1.54, 1.807) is 33.1 Å². The average molecular weight is 510 g/mol. The normalized spacial score (nSPS) is 26.1. The molecule has 0 saturated carbocycles. The molecule has 2 aliphatic heterocycles. The van der Waals surface area contributed by atoms with Gasteiger partial charge in [0.25, 0.3) is 0 Å². The van der Waals surface area contributed by atoms with Crippen molar-refractivity contribution in [3.05, 3.63) is 65.7 Å². The molecule has 2 amide bonds. The van der Waals surface area contributed by atoms with Gasteiger partial charge < -0.3 is 30.5 Å². The summed E-state index contributed by atoms with van der Waals surface area (Å²) in [7, 11) is 1.57. The predicted octanol–water partition coefficient (Wildman–Crippen LogP) is 0.921. The van der Waals surface area contributed by atoms with E-state index >= 15 is 0 Å². The summed E-state index contributed by atoms with van der Waals surface area (Å²) < 4.78 is 10.6. The quantitative estimate of drug-likeness (QED) is 0.332. The lowest BCUT2D eigenvalue weighted by molar-refractivity contribution is -0.134. The van der Waals surface area contributed by atoms with Crippen molar-refractivity contribution in [3.8, 4) is 5.75 Å². The van der Waals surface area contributed by atoms with Crippen LogP contribution < -0.4 is 20.7 Å². The highest BCUT2D eigenvalue weighted by Gasteiger charge is 2.50. The molecule has 2 aliphatic rings. The van der Waals surface area contributed by atoms with Crippen molar-refractivity contribution in [1.82, 2.24) is 16.0 Å². The number of carbonyl (C=O) groups is 3. The third-order valence-corrected chi connectivity index (χ3v) is 7.11. The van der Waals surface area contributed by atoms with Gasteiger partial charge >= 0.3 is 0 Å². The largest absolute Gasteiger partial charge is 0.497 e. The van der Waals surface area contributed by atoms with Gasteiger partial charge in [-0.3, -0.25) is 14.4 Å². The lowest BCUT2D eigenvalue weighted by Crippen LogP contribution is -2.59. The first-order valence-corrected chi connectivity index (χ1v) is 12.5. The highest BCUT2D eigenvalue weighted by atomic mass is 16.6. The molecule has 4 N–H and O–H groups in total. The summed E-state index contributed by atoms with van der Waals surface area (Å²) in [6, 6.07) is 14.0. The number of benzene rings is 2. The third-order valence-electron chi connectivity index (χ3n) is 7.11. The molecule has 2 aromatic rings. The number of methoxy groups -OCH3 is 1. The van der Waals surface area contributed by atoms with E-state index < -0.39 is 41.1 Å². The van der Waals surface area contributed by atoms with Crippen LogP contribution in [0, 0.1) is 0 Å². The summed E-state index contributed by atoms with van der Waals surface area (Å²) in [5.41, 5.74) is -0.453. The van der Waals surface area contributed by atoms with Crippen LogP contribution in [0.3, 0.4) is 0 Å². The molecule has 2 fully saturated rings. The topological polar surface area (TPSA) is 129 Å². The van der Waals surface area contributed by atoms with Gasteiger partial charge in [-0.15, -0.1) is 0 Å². The van der Waals surface area contributed by atoms with Gasteiger partial charge in [-0.2, -0.15) is 0 Å². The molecule has 2 aromatic carbocycles. The van der Waals surface area contributed by atoms with Gasteiger partial charge in [0.15, 0.2) is 5.78 Å². The Labute approximate surface area is 216 Å². The third kappa shape index (κ3) is 6.54. The molecule has 0 bridgehead atoms. The maximum absolute atomic E-state index is 13.6. The Bertz CT molecular complexity index is 1110. The number of ether oxygens (including phenoxy) is 2. The van der Waals surface area contributed by atoms with E-state index in [-0.39, 0.29) is 12.2 Å². The van der Waals surface area contributed by atoms with Crippen molar-refractivity contribution < 1.29 is 29.0 Å². The van der Waals surface area contributed by atoms with E-state index in [0.29, 0.717) is 31.7 Å². The fourth-order valence-electron chi connectivity index (χ4n) is 4.62. The summed E-state index contributed by atoms with van der Waals surface area (Å²) in [4.78, 5) is 40.0. The number of hydrogen-bond donors (Lipinski definition) is 4. The van der Waals surface area contributed by atoms with Gasteiger partial charge in [-0.25, -0.2) is 0 Å². The molecule has 0 unspecified atom stereocenters. The maximum Gasteiger partial charge on any atom is 0.243 e. The molecule has 198 valence electrons. The number of aliphatic hydroxyl groups is 1. The number of rotatable bonds is 11. The van der Waals surface area contributed by atoms with E-state index in [0.717, 1.165) is 11.1 Å². The van der Waals surface area contributed by atoms with Crippen LogP contribution in [-0.2, 0) is 32.0 Å². The molecule has 9 heteroatoms. The van der Waals surface area contributed by atoms with Crippen LogP contribution in [0.4, 0.5) is 0 Å². The van der Waals surface area contributed by atoms with Crippen LogP contribution in [0.5, 0.6) is 5.75 Å². The van der Waals surface area contributed by atoms with Crippen molar-refractivity contribution >= 4 is 17.6 Å². The Balaban J connectivity index is 1.55. The smallest absolute Gasteiger partial charge is 0.243 e. The Kier molecular flexibility index (Phi) is 7.96. The lowest BCUT2D eigenvalue weighted by atomic mass is 9.94. The zero-order valence-corrected chi connectivity index (χ0v) is 21.5. The lowest BCUT2D eigenvalue weighted by Gasteiger charge is -2.28. The van der Waals surface area contributed by atoms with Crippen molar-refractivity contribution in [2.45, 2.75) is 62.4 Å². The van der Waals surface area contributed by atoms with E-state index in [1.165, 1.54) is 0 Å². The summed E-state index contributed by atoms with van der Waals surface area (Å²) in [6.45, 7) is 4.11. The van der Waals surface area contributed by atoms with Crippen LogP contribution in [0.25, 0.3) is 0 Å². The van der Waals surface area contributed by atoms with Gasteiger partial charge in [0.05, 0.1) is 25.4 Å². The zero-order valence-electron chi connectivity index (χ0n) is 21.5. The molecular formula is C28H35N3O6. The monoisotopic (exact) mass is 509 g/mol. The van der Waals surface area contributed by atoms with Gasteiger partial charge in [0, 0.05) is 6.42 Å². The first kappa shape index (κ1) is 26.8. The van der Waals surface area contributed by atoms with Crippen molar-refractivity contribution in [2.24, 2.45) is 0 Å². The maximum atomic E-state index is 13.6. The highest BCUT2D eigenvalue weighted by Crippen LogP contribution is 2.29. The first-order valence-electron chi connectivity index (χ1n) is 12.5. The number of hydrogen-bond acceptors (Lipinski definition) is 7. The molecule has 0 radical (unpaired) electrons. The minimum absolute atomic E-state index is 0.191. The number of carbonyl (C=O) groups excluding carboxylic acids is 3. The summed E-state index contributed by atoms with van der Waals surface area (Å²) in [6.07, 6.45) is 0.912. The van der Waals surface area contributed by atoms with Crippen molar-refractivity contribution in [3.63, 3.8) is 0 Å². The Hall–Kier alpha value is -3.27. The molecule has 37 heavy (non-hydrogen) atoms. The second kappa shape index (κ2) is 11.0. The SMILES string of the molecule is COc1ccc(C[C@H](NC(=O)[C@H]2NCC[C@@]2(C)O)C(=O)N[C@@H](Cc2ccccc2)C(=O)[C@@]2(C)CO2)cc1. The van der Waals surface area contributed by atoms with Crippen LogP contribution in [-0.4, -0.2) is 72.3 Å². The molecule has 4 rings (SSSR count). The summed E-state index contributed by atoms with van der Waals surface area (Å²) >= 11 is 0.